The third-order valence-electron chi connectivity index (χ3n) is 1.96. The SMILES string of the molecule is CCN(CC#N)C(C)(C)C(=O)O. The molecule has 0 aromatic carbocycles. The van der Waals surface area contributed by atoms with Gasteiger partial charge in [-0.2, -0.15) is 5.26 Å². The Bertz CT molecular complexity index is 206. The lowest BCUT2D eigenvalue weighted by Crippen LogP contribution is -2.50. The van der Waals surface area contributed by atoms with Crippen molar-refractivity contribution >= 4 is 5.97 Å². The first-order valence-corrected chi connectivity index (χ1v) is 3.82. The fraction of sp³-hybridized carbons (Fsp3) is 0.750. The lowest BCUT2D eigenvalue weighted by Gasteiger charge is -2.31. The van der Waals surface area contributed by atoms with Crippen LogP contribution in [0.3, 0.4) is 0 Å². The smallest absolute Gasteiger partial charge is 0.323 e. The summed E-state index contributed by atoms with van der Waals surface area (Å²) in [6.07, 6.45) is 0. The molecule has 0 amide bonds. The van der Waals surface area contributed by atoms with Crippen LogP contribution in [0, 0.1) is 11.3 Å². The second kappa shape index (κ2) is 4.07. The molecule has 1 N–H and O–H groups in total. The number of nitriles is 1. The average molecular weight is 170 g/mol. The van der Waals surface area contributed by atoms with Crippen LogP contribution >= 0.6 is 0 Å². The van der Waals surface area contributed by atoms with Gasteiger partial charge in [0.15, 0.2) is 0 Å². The molecule has 4 nitrogen and oxygen atoms in total. The van der Waals surface area contributed by atoms with Gasteiger partial charge in [-0.05, 0) is 20.4 Å². The van der Waals surface area contributed by atoms with E-state index in [2.05, 4.69) is 0 Å². The Labute approximate surface area is 72.4 Å². The Morgan fingerprint density at radius 1 is 1.67 bits per heavy atom. The molecular formula is C8H14N2O2. The number of likely N-dealkylation sites (N-methyl/N-ethyl adjacent to an activating group) is 1. The monoisotopic (exact) mass is 170 g/mol. The summed E-state index contributed by atoms with van der Waals surface area (Å²) in [5, 5.41) is 17.2. The summed E-state index contributed by atoms with van der Waals surface area (Å²) < 4.78 is 0. The van der Waals surface area contributed by atoms with Gasteiger partial charge in [0.05, 0.1) is 12.6 Å². The normalized spacial score (nSPS) is 11.2. The molecule has 0 rings (SSSR count). The molecule has 0 spiro atoms. The van der Waals surface area contributed by atoms with Gasteiger partial charge in [-0.25, -0.2) is 0 Å². The highest BCUT2D eigenvalue weighted by Crippen LogP contribution is 2.13. The van der Waals surface area contributed by atoms with E-state index in [9.17, 15) is 4.79 Å². The summed E-state index contributed by atoms with van der Waals surface area (Å²) >= 11 is 0. The third kappa shape index (κ3) is 2.21. The van der Waals surface area contributed by atoms with E-state index in [1.807, 2.05) is 13.0 Å². The first-order chi connectivity index (χ1) is 5.46. The zero-order valence-corrected chi connectivity index (χ0v) is 7.66. The molecule has 0 bridgehead atoms. The molecule has 0 aliphatic heterocycles. The molecule has 0 unspecified atom stereocenters. The van der Waals surface area contributed by atoms with Crippen molar-refractivity contribution in [2.24, 2.45) is 0 Å². The van der Waals surface area contributed by atoms with Gasteiger partial charge in [-0.3, -0.25) is 9.69 Å². The fourth-order valence-electron chi connectivity index (χ4n) is 0.925. The molecule has 0 saturated heterocycles. The van der Waals surface area contributed by atoms with E-state index >= 15 is 0 Å². The second-order valence-electron chi connectivity index (χ2n) is 3.04. The summed E-state index contributed by atoms with van der Waals surface area (Å²) in [6.45, 7) is 5.73. The first-order valence-electron chi connectivity index (χ1n) is 3.82. The zero-order chi connectivity index (χ0) is 9.78. The van der Waals surface area contributed by atoms with Crippen LogP contribution in [0.4, 0.5) is 0 Å². The summed E-state index contributed by atoms with van der Waals surface area (Å²) in [5.41, 5.74) is -0.954. The molecule has 0 aliphatic rings. The molecule has 0 aliphatic carbocycles. The summed E-state index contributed by atoms with van der Waals surface area (Å²) in [6, 6.07) is 1.94. The Hall–Kier alpha value is -1.08. The Morgan fingerprint density at radius 3 is 2.42 bits per heavy atom. The van der Waals surface area contributed by atoms with Gasteiger partial charge in [0, 0.05) is 0 Å². The largest absolute Gasteiger partial charge is 0.480 e. The van der Waals surface area contributed by atoms with Crippen molar-refractivity contribution in [1.29, 1.82) is 5.26 Å². The van der Waals surface area contributed by atoms with E-state index in [1.165, 1.54) is 0 Å². The molecule has 68 valence electrons. The van der Waals surface area contributed by atoms with Crippen LogP contribution in [0.25, 0.3) is 0 Å². The van der Waals surface area contributed by atoms with Crippen molar-refractivity contribution in [3.8, 4) is 6.07 Å². The lowest BCUT2D eigenvalue weighted by molar-refractivity contribution is -0.148. The minimum Gasteiger partial charge on any atom is -0.480 e. The van der Waals surface area contributed by atoms with E-state index in [-0.39, 0.29) is 6.54 Å². The number of nitrogens with zero attached hydrogens (tertiary/aromatic N) is 2. The maximum atomic E-state index is 10.7. The second-order valence-corrected chi connectivity index (χ2v) is 3.04. The molecule has 0 aromatic heterocycles. The standard InChI is InChI=1S/C8H14N2O2/c1-4-10(6-5-9)8(2,3)7(11)12/h4,6H2,1-3H3,(H,11,12). The molecule has 0 fully saturated rings. The van der Waals surface area contributed by atoms with Gasteiger partial charge >= 0.3 is 5.97 Å². The van der Waals surface area contributed by atoms with Gasteiger partial charge in [-0.15, -0.1) is 0 Å². The maximum Gasteiger partial charge on any atom is 0.323 e. The van der Waals surface area contributed by atoms with Crippen LogP contribution in [0.1, 0.15) is 20.8 Å². The van der Waals surface area contributed by atoms with Crippen LogP contribution in [-0.2, 0) is 4.79 Å². The third-order valence-corrected chi connectivity index (χ3v) is 1.96. The van der Waals surface area contributed by atoms with Gasteiger partial charge in [0.25, 0.3) is 0 Å². The lowest BCUT2D eigenvalue weighted by atomic mass is 10.0. The zero-order valence-electron chi connectivity index (χ0n) is 7.66. The minimum atomic E-state index is -0.954. The number of rotatable bonds is 4. The van der Waals surface area contributed by atoms with Gasteiger partial charge in [0.2, 0.25) is 0 Å². The molecule has 0 heterocycles. The van der Waals surface area contributed by atoms with Crippen molar-refractivity contribution in [2.45, 2.75) is 26.3 Å². The predicted molar refractivity (Wildman–Crippen MR) is 44.6 cm³/mol. The fourth-order valence-corrected chi connectivity index (χ4v) is 0.925. The highest BCUT2D eigenvalue weighted by atomic mass is 16.4. The van der Waals surface area contributed by atoms with Crippen molar-refractivity contribution in [3.05, 3.63) is 0 Å². The molecule has 0 radical (unpaired) electrons. The topological polar surface area (TPSA) is 64.3 Å². The number of hydrogen-bond acceptors (Lipinski definition) is 3. The van der Waals surface area contributed by atoms with Crippen LogP contribution in [0.5, 0.6) is 0 Å². The van der Waals surface area contributed by atoms with Gasteiger partial charge in [0.1, 0.15) is 5.54 Å². The first kappa shape index (κ1) is 10.9. The van der Waals surface area contributed by atoms with E-state index in [1.54, 1.807) is 18.7 Å². The molecule has 4 heteroatoms. The van der Waals surface area contributed by atoms with E-state index in [4.69, 9.17) is 10.4 Å². The van der Waals surface area contributed by atoms with Crippen LogP contribution in [0.2, 0.25) is 0 Å². The number of aliphatic carboxylic acids is 1. The van der Waals surface area contributed by atoms with Crippen LogP contribution < -0.4 is 0 Å². The molecule has 0 aromatic rings. The highest BCUT2D eigenvalue weighted by Gasteiger charge is 2.33. The van der Waals surface area contributed by atoms with Crippen molar-refractivity contribution in [3.63, 3.8) is 0 Å². The van der Waals surface area contributed by atoms with Gasteiger partial charge in [-0.1, -0.05) is 6.92 Å². The van der Waals surface area contributed by atoms with Crippen LogP contribution in [0.15, 0.2) is 0 Å². The summed E-state index contributed by atoms with van der Waals surface area (Å²) in [5.74, 6) is -0.903. The Morgan fingerprint density at radius 2 is 2.17 bits per heavy atom. The highest BCUT2D eigenvalue weighted by molar-refractivity contribution is 5.77. The molecular weight excluding hydrogens is 156 g/mol. The van der Waals surface area contributed by atoms with Crippen molar-refractivity contribution in [1.82, 2.24) is 4.90 Å². The van der Waals surface area contributed by atoms with Crippen LogP contribution in [-0.4, -0.2) is 34.6 Å². The Balaban J connectivity index is 4.49. The van der Waals surface area contributed by atoms with E-state index in [0.717, 1.165) is 0 Å². The summed E-state index contributed by atoms with van der Waals surface area (Å²) in [4.78, 5) is 12.4. The van der Waals surface area contributed by atoms with Crippen molar-refractivity contribution in [2.75, 3.05) is 13.1 Å². The van der Waals surface area contributed by atoms with E-state index in [0.29, 0.717) is 6.54 Å². The van der Waals surface area contributed by atoms with Gasteiger partial charge < -0.3 is 5.11 Å². The van der Waals surface area contributed by atoms with Crippen molar-refractivity contribution < 1.29 is 9.90 Å². The number of carboxylic acid groups (broad SMARTS) is 1. The number of carboxylic acids is 1. The quantitative estimate of drug-likeness (QED) is 0.630. The minimum absolute atomic E-state index is 0.149. The average Bonchev–Trinajstić information content (AvgIpc) is 1.99. The molecule has 0 saturated carbocycles. The number of hydrogen-bond donors (Lipinski definition) is 1. The predicted octanol–water partition coefficient (Wildman–Crippen LogP) is 0.695. The maximum absolute atomic E-state index is 10.7. The number of carbonyl (C=O) groups is 1. The Kier molecular flexibility index (Phi) is 3.71. The molecule has 12 heavy (non-hydrogen) atoms. The summed E-state index contributed by atoms with van der Waals surface area (Å²) in [7, 11) is 0. The molecule has 0 atom stereocenters. The van der Waals surface area contributed by atoms with E-state index < -0.39 is 11.5 Å².